The molecule has 4 heteroatoms. The van der Waals surface area contributed by atoms with E-state index in [1.165, 1.54) is 5.56 Å². The fourth-order valence-electron chi connectivity index (χ4n) is 2.70. The van der Waals surface area contributed by atoms with Gasteiger partial charge in [0.15, 0.2) is 5.13 Å². The third-order valence-electron chi connectivity index (χ3n) is 3.64. The van der Waals surface area contributed by atoms with Gasteiger partial charge < -0.3 is 5.32 Å². The van der Waals surface area contributed by atoms with Crippen molar-refractivity contribution in [2.75, 3.05) is 5.32 Å². The molecule has 3 rings (SSSR count). The lowest BCUT2D eigenvalue weighted by atomic mass is 10.1. The maximum absolute atomic E-state index is 12.0. The van der Waals surface area contributed by atoms with Gasteiger partial charge in [-0.15, -0.1) is 0 Å². The second kappa shape index (κ2) is 5.37. The Morgan fingerprint density at radius 3 is 3.05 bits per heavy atom. The SMILES string of the molecule is Cc1cc(C)c2nc(NC(=O)CC3C=CCC3)sc2c1. The molecule has 1 aromatic heterocycles. The second-order valence-electron chi connectivity index (χ2n) is 5.47. The van der Waals surface area contributed by atoms with Crippen molar-refractivity contribution in [2.24, 2.45) is 5.92 Å². The number of hydrogen-bond acceptors (Lipinski definition) is 3. The van der Waals surface area contributed by atoms with Gasteiger partial charge in [-0.3, -0.25) is 4.79 Å². The zero-order valence-corrected chi connectivity index (χ0v) is 12.6. The van der Waals surface area contributed by atoms with Crippen molar-refractivity contribution in [1.29, 1.82) is 0 Å². The summed E-state index contributed by atoms with van der Waals surface area (Å²) in [6, 6.07) is 4.24. The van der Waals surface area contributed by atoms with Crippen LogP contribution in [-0.2, 0) is 4.79 Å². The van der Waals surface area contributed by atoms with E-state index in [4.69, 9.17) is 0 Å². The summed E-state index contributed by atoms with van der Waals surface area (Å²) in [4.78, 5) is 16.6. The van der Waals surface area contributed by atoms with E-state index in [1.54, 1.807) is 11.3 Å². The average Bonchev–Trinajstić information content (AvgIpc) is 2.98. The number of rotatable bonds is 3. The van der Waals surface area contributed by atoms with E-state index in [9.17, 15) is 4.79 Å². The van der Waals surface area contributed by atoms with Crippen molar-refractivity contribution < 1.29 is 4.79 Å². The van der Waals surface area contributed by atoms with Gasteiger partial charge in [0.25, 0.3) is 0 Å². The Morgan fingerprint density at radius 1 is 1.45 bits per heavy atom. The minimum absolute atomic E-state index is 0.0648. The highest BCUT2D eigenvalue weighted by molar-refractivity contribution is 7.22. The van der Waals surface area contributed by atoms with Crippen LogP contribution in [-0.4, -0.2) is 10.9 Å². The van der Waals surface area contributed by atoms with Crippen molar-refractivity contribution in [2.45, 2.75) is 33.1 Å². The third-order valence-corrected chi connectivity index (χ3v) is 4.55. The number of carbonyl (C=O) groups excluding carboxylic acids is 1. The van der Waals surface area contributed by atoms with Gasteiger partial charge in [0.1, 0.15) is 0 Å². The molecule has 1 N–H and O–H groups in total. The van der Waals surface area contributed by atoms with Gasteiger partial charge in [0.05, 0.1) is 10.2 Å². The van der Waals surface area contributed by atoms with Gasteiger partial charge in [-0.2, -0.15) is 0 Å². The number of thiazole rings is 1. The molecule has 0 spiro atoms. The normalized spacial score (nSPS) is 17.8. The van der Waals surface area contributed by atoms with E-state index in [0.717, 1.165) is 28.6 Å². The van der Waals surface area contributed by atoms with Crippen molar-refractivity contribution in [1.82, 2.24) is 4.98 Å². The van der Waals surface area contributed by atoms with Crippen LogP contribution in [0.25, 0.3) is 10.2 Å². The first-order valence-corrected chi connectivity index (χ1v) is 7.78. The molecular formula is C16H18N2OS. The predicted octanol–water partition coefficient (Wildman–Crippen LogP) is 4.21. The Morgan fingerprint density at radius 2 is 2.30 bits per heavy atom. The van der Waals surface area contributed by atoms with Crippen LogP contribution in [0, 0.1) is 19.8 Å². The summed E-state index contributed by atoms with van der Waals surface area (Å²) >= 11 is 1.55. The molecule has 2 aromatic rings. The summed E-state index contributed by atoms with van der Waals surface area (Å²) in [5, 5.41) is 3.65. The number of nitrogens with zero attached hydrogens (tertiary/aromatic N) is 1. The van der Waals surface area contributed by atoms with E-state index in [1.807, 2.05) is 0 Å². The number of aryl methyl sites for hydroxylation is 2. The van der Waals surface area contributed by atoms with Gasteiger partial charge in [0.2, 0.25) is 5.91 Å². The molecule has 0 saturated carbocycles. The van der Waals surface area contributed by atoms with Gasteiger partial charge in [-0.25, -0.2) is 4.98 Å². The molecule has 1 aromatic carbocycles. The average molecular weight is 286 g/mol. The molecule has 3 nitrogen and oxygen atoms in total. The molecule has 0 fully saturated rings. The summed E-state index contributed by atoms with van der Waals surface area (Å²) in [5.74, 6) is 0.461. The van der Waals surface area contributed by atoms with Crippen molar-refractivity contribution in [3.05, 3.63) is 35.4 Å². The van der Waals surface area contributed by atoms with Crippen LogP contribution < -0.4 is 5.32 Å². The second-order valence-corrected chi connectivity index (χ2v) is 6.50. The fraction of sp³-hybridized carbons (Fsp3) is 0.375. The van der Waals surface area contributed by atoms with Gasteiger partial charge in [0, 0.05) is 6.42 Å². The molecule has 1 aliphatic rings. The Labute approximate surface area is 122 Å². The number of fused-ring (bicyclic) bond motifs is 1. The molecule has 1 unspecified atom stereocenters. The van der Waals surface area contributed by atoms with Crippen molar-refractivity contribution in [3.8, 4) is 0 Å². The summed E-state index contributed by atoms with van der Waals surface area (Å²) < 4.78 is 1.14. The lowest BCUT2D eigenvalue weighted by molar-refractivity contribution is -0.116. The minimum atomic E-state index is 0.0648. The molecule has 1 aliphatic carbocycles. The van der Waals surface area contributed by atoms with Gasteiger partial charge in [-0.1, -0.05) is 29.6 Å². The largest absolute Gasteiger partial charge is 0.302 e. The number of allylic oxidation sites excluding steroid dienone is 2. The van der Waals surface area contributed by atoms with Crippen LogP contribution in [0.1, 0.15) is 30.4 Å². The Bertz CT molecular complexity index is 687. The molecule has 104 valence electrons. The third kappa shape index (κ3) is 2.75. The number of anilines is 1. The highest BCUT2D eigenvalue weighted by atomic mass is 32.1. The van der Waals surface area contributed by atoms with Crippen LogP contribution in [0.5, 0.6) is 0 Å². The summed E-state index contributed by atoms with van der Waals surface area (Å²) in [7, 11) is 0. The summed E-state index contributed by atoms with van der Waals surface area (Å²) in [6.45, 7) is 4.14. The molecule has 1 atom stereocenters. The zero-order valence-electron chi connectivity index (χ0n) is 11.8. The van der Waals surface area contributed by atoms with Crippen molar-refractivity contribution in [3.63, 3.8) is 0 Å². The number of hydrogen-bond donors (Lipinski definition) is 1. The summed E-state index contributed by atoms with van der Waals surface area (Å²) in [5.41, 5.74) is 3.39. The van der Waals surface area contributed by atoms with E-state index >= 15 is 0 Å². The molecular weight excluding hydrogens is 268 g/mol. The van der Waals surface area contributed by atoms with E-state index in [0.29, 0.717) is 17.5 Å². The van der Waals surface area contributed by atoms with Crippen LogP contribution in [0.15, 0.2) is 24.3 Å². The number of benzene rings is 1. The molecule has 1 heterocycles. The minimum Gasteiger partial charge on any atom is -0.302 e. The zero-order chi connectivity index (χ0) is 14.1. The van der Waals surface area contributed by atoms with Crippen LogP contribution in [0.3, 0.4) is 0 Å². The van der Waals surface area contributed by atoms with Gasteiger partial charge >= 0.3 is 0 Å². The first kappa shape index (κ1) is 13.3. The summed E-state index contributed by atoms with van der Waals surface area (Å²) in [6.07, 6.45) is 7.04. The lowest BCUT2D eigenvalue weighted by Gasteiger charge is -2.06. The quantitative estimate of drug-likeness (QED) is 0.859. The van der Waals surface area contributed by atoms with Crippen LogP contribution in [0.2, 0.25) is 0 Å². The first-order chi connectivity index (χ1) is 9.61. The molecule has 0 radical (unpaired) electrons. The monoisotopic (exact) mass is 286 g/mol. The van der Waals surface area contributed by atoms with E-state index in [-0.39, 0.29) is 5.91 Å². The Balaban J connectivity index is 1.75. The molecule has 0 aliphatic heterocycles. The number of nitrogens with one attached hydrogen (secondary N) is 1. The van der Waals surface area contributed by atoms with Crippen LogP contribution in [0.4, 0.5) is 5.13 Å². The number of amides is 1. The molecule has 1 amide bonds. The Kier molecular flexibility index (Phi) is 3.57. The van der Waals surface area contributed by atoms with E-state index in [2.05, 4.69) is 48.4 Å². The highest BCUT2D eigenvalue weighted by Crippen LogP contribution is 2.29. The number of aromatic nitrogens is 1. The lowest BCUT2D eigenvalue weighted by Crippen LogP contribution is -2.14. The maximum atomic E-state index is 12.0. The molecule has 20 heavy (non-hydrogen) atoms. The highest BCUT2D eigenvalue weighted by Gasteiger charge is 2.15. The van der Waals surface area contributed by atoms with E-state index < -0.39 is 0 Å². The van der Waals surface area contributed by atoms with Gasteiger partial charge in [-0.05, 0) is 49.8 Å². The fourth-order valence-corrected chi connectivity index (χ4v) is 3.76. The topological polar surface area (TPSA) is 42.0 Å². The standard InChI is InChI=1S/C16H18N2OS/c1-10-7-11(2)15-13(8-10)20-16(18-15)17-14(19)9-12-5-3-4-6-12/h3,5,7-8,12H,4,6,9H2,1-2H3,(H,17,18,19). The number of carbonyl (C=O) groups is 1. The smallest absolute Gasteiger partial charge is 0.226 e. The Hall–Kier alpha value is -1.68. The maximum Gasteiger partial charge on any atom is 0.226 e. The van der Waals surface area contributed by atoms with Crippen molar-refractivity contribution >= 4 is 32.6 Å². The molecule has 0 saturated heterocycles. The first-order valence-electron chi connectivity index (χ1n) is 6.96. The van der Waals surface area contributed by atoms with Crippen LogP contribution >= 0.6 is 11.3 Å². The molecule has 0 bridgehead atoms. The predicted molar refractivity (Wildman–Crippen MR) is 84.2 cm³/mol.